The van der Waals surface area contributed by atoms with Crippen molar-refractivity contribution >= 4 is 27.5 Å². The topological polar surface area (TPSA) is 54.4 Å². The molecule has 0 radical (unpaired) electrons. The molecule has 36 heavy (non-hydrogen) atoms. The van der Waals surface area contributed by atoms with Crippen molar-refractivity contribution in [2.75, 3.05) is 6.54 Å². The Balaban J connectivity index is 2.02. The Bertz CT molecular complexity index is 1160. The fourth-order valence-corrected chi connectivity index (χ4v) is 4.17. The van der Waals surface area contributed by atoms with Crippen LogP contribution < -0.4 is 5.32 Å². The largest absolute Gasteiger partial charge is 0.433 e. The van der Waals surface area contributed by atoms with Crippen LogP contribution in [0.4, 0.5) is 39.5 Å². The normalized spacial score (nSPS) is 18.8. The predicted molar refractivity (Wildman–Crippen MR) is 114 cm³/mol. The van der Waals surface area contributed by atoms with Crippen molar-refractivity contribution in [3.05, 3.63) is 62.9 Å². The van der Waals surface area contributed by atoms with Crippen LogP contribution in [0.5, 0.6) is 0 Å². The molecule has 0 spiro atoms. The van der Waals surface area contributed by atoms with Crippen molar-refractivity contribution in [2.24, 2.45) is 4.99 Å². The SMILES string of the molecule is CCC(=O)NCc1ccc(C2=NCC(c3cc(C(F)(F)F)nc(C(F)(F)F)c3)(C(F)(F)F)C2)cc1Br. The van der Waals surface area contributed by atoms with Gasteiger partial charge in [-0.05, 0) is 34.9 Å². The van der Waals surface area contributed by atoms with Gasteiger partial charge in [0.15, 0.2) is 0 Å². The smallest absolute Gasteiger partial charge is 0.352 e. The van der Waals surface area contributed by atoms with Crippen LogP contribution in [0.3, 0.4) is 0 Å². The molecule has 0 fully saturated rings. The van der Waals surface area contributed by atoms with E-state index in [-0.39, 0.29) is 42.3 Å². The highest BCUT2D eigenvalue weighted by Crippen LogP contribution is 2.49. The molecule has 1 amide bonds. The highest BCUT2D eigenvalue weighted by Gasteiger charge is 2.59. The van der Waals surface area contributed by atoms with E-state index in [1.54, 1.807) is 6.92 Å². The first-order valence-electron chi connectivity index (χ1n) is 10.3. The van der Waals surface area contributed by atoms with Crippen LogP contribution in [0.1, 0.15) is 47.8 Å². The monoisotopic (exact) mass is 589 g/mol. The number of hydrogen-bond acceptors (Lipinski definition) is 3. The lowest BCUT2D eigenvalue weighted by Crippen LogP contribution is -2.44. The fraction of sp³-hybridized carbons (Fsp3) is 0.409. The van der Waals surface area contributed by atoms with Crippen LogP contribution in [0.25, 0.3) is 0 Å². The standard InChI is InChI=1S/C22H17BrF9N3O/c1-2-18(36)33-9-12-4-3-11(5-14(12)23)15-8-19(10-34-15,22(30,31)32)13-6-16(20(24,25)26)35-17(7-13)21(27,28)29/h3-7H,2,8-10H2,1H3,(H,33,36). The van der Waals surface area contributed by atoms with Gasteiger partial charge in [-0.2, -0.15) is 39.5 Å². The number of halogens is 10. The van der Waals surface area contributed by atoms with Gasteiger partial charge in [0, 0.05) is 29.6 Å². The first-order valence-corrected chi connectivity index (χ1v) is 11.1. The second-order valence-electron chi connectivity index (χ2n) is 8.08. The summed E-state index contributed by atoms with van der Waals surface area (Å²) in [6.07, 6.45) is -16.8. The number of pyridine rings is 1. The van der Waals surface area contributed by atoms with Crippen LogP contribution >= 0.6 is 15.9 Å². The predicted octanol–water partition coefficient (Wildman–Crippen LogP) is 6.60. The molecule has 0 bridgehead atoms. The number of carbonyl (C=O) groups excluding carboxylic acids is 1. The second-order valence-corrected chi connectivity index (χ2v) is 8.93. The minimum atomic E-state index is -5.40. The summed E-state index contributed by atoms with van der Waals surface area (Å²) in [4.78, 5) is 17.8. The Morgan fingerprint density at radius 3 is 2.06 bits per heavy atom. The van der Waals surface area contributed by atoms with Gasteiger partial charge in [-0.25, -0.2) is 4.98 Å². The maximum absolute atomic E-state index is 14.3. The van der Waals surface area contributed by atoms with Crippen molar-refractivity contribution in [3.63, 3.8) is 0 Å². The first-order chi connectivity index (χ1) is 16.5. The zero-order valence-electron chi connectivity index (χ0n) is 18.3. The summed E-state index contributed by atoms with van der Waals surface area (Å²) in [7, 11) is 0. The Labute approximate surface area is 207 Å². The van der Waals surface area contributed by atoms with Crippen LogP contribution in [0.2, 0.25) is 0 Å². The molecule has 0 aliphatic carbocycles. The van der Waals surface area contributed by atoms with Gasteiger partial charge in [-0.3, -0.25) is 9.79 Å². The molecule has 0 saturated carbocycles. The maximum atomic E-state index is 14.3. The Morgan fingerprint density at radius 2 is 1.58 bits per heavy atom. The van der Waals surface area contributed by atoms with Crippen LogP contribution in [0.15, 0.2) is 39.8 Å². The summed E-state index contributed by atoms with van der Waals surface area (Å²) in [5.74, 6) is -0.227. The first kappa shape index (κ1) is 27.9. The van der Waals surface area contributed by atoms with Gasteiger partial charge in [0.1, 0.15) is 16.8 Å². The number of aliphatic imine (C=N–C) groups is 1. The molecule has 1 aromatic heterocycles. The molecule has 1 unspecified atom stereocenters. The number of alkyl halides is 9. The summed E-state index contributed by atoms with van der Waals surface area (Å²) in [5, 5.41) is 2.63. The molecule has 2 aromatic rings. The molecule has 2 heterocycles. The van der Waals surface area contributed by atoms with E-state index in [0.29, 0.717) is 10.0 Å². The lowest BCUT2D eigenvalue weighted by molar-refractivity contribution is -0.185. The number of nitrogens with one attached hydrogen (secondary N) is 1. The van der Waals surface area contributed by atoms with E-state index in [9.17, 15) is 44.3 Å². The van der Waals surface area contributed by atoms with Crippen molar-refractivity contribution in [1.82, 2.24) is 10.3 Å². The van der Waals surface area contributed by atoms with Crippen LogP contribution in [-0.4, -0.2) is 29.3 Å². The molecule has 1 aromatic carbocycles. The summed E-state index contributed by atoms with van der Waals surface area (Å²) < 4.78 is 123. The molecule has 0 saturated heterocycles. The maximum Gasteiger partial charge on any atom is 0.433 e. The molecule has 1 aliphatic rings. The van der Waals surface area contributed by atoms with E-state index >= 15 is 0 Å². The molecular weight excluding hydrogens is 573 g/mol. The van der Waals surface area contributed by atoms with E-state index in [0.717, 1.165) is 0 Å². The van der Waals surface area contributed by atoms with Gasteiger partial charge < -0.3 is 5.32 Å². The lowest BCUT2D eigenvalue weighted by atomic mass is 9.76. The van der Waals surface area contributed by atoms with Crippen LogP contribution in [0, 0.1) is 0 Å². The third-order valence-corrected chi connectivity index (χ3v) is 6.43. The second kappa shape index (κ2) is 9.67. The molecule has 14 heteroatoms. The summed E-state index contributed by atoms with van der Waals surface area (Å²) >= 11 is 3.26. The van der Waals surface area contributed by atoms with Gasteiger partial charge in [0.05, 0.1) is 6.54 Å². The van der Waals surface area contributed by atoms with E-state index < -0.39 is 53.9 Å². The number of rotatable bonds is 5. The van der Waals surface area contributed by atoms with E-state index in [4.69, 9.17) is 0 Å². The minimum absolute atomic E-state index is 0.00336. The summed E-state index contributed by atoms with van der Waals surface area (Å²) in [6.45, 7) is 0.678. The average molecular weight is 590 g/mol. The molecule has 1 N–H and O–H groups in total. The fourth-order valence-electron chi connectivity index (χ4n) is 3.65. The van der Waals surface area contributed by atoms with Gasteiger partial charge in [-0.15, -0.1) is 0 Å². The number of hydrogen-bond donors (Lipinski definition) is 1. The van der Waals surface area contributed by atoms with E-state index in [1.165, 1.54) is 18.2 Å². The van der Waals surface area contributed by atoms with Crippen molar-refractivity contribution < 1.29 is 44.3 Å². The highest BCUT2D eigenvalue weighted by atomic mass is 79.9. The molecule has 1 aliphatic heterocycles. The van der Waals surface area contributed by atoms with Gasteiger partial charge in [-0.1, -0.05) is 35.0 Å². The Morgan fingerprint density at radius 1 is 1.00 bits per heavy atom. The molecular formula is C22H17BrF9N3O. The number of nitrogens with zero attached hydrogens (tertiary/aromatic N) is 2. The quantitative estimate of drug-likeness (QED) is 0.399. The number of amides is 1. The van der Waals surface area contributed by atoms with Gasteiger partial charge >= 0.3 is 18.5 Å². The lowest BCUT2D eigenvalue weighted by Gasteiger charge is -2.32. The van der Waals surface area contributed by atoms with Crippen molar-refractivity contribution in [2.45, 2.75) is 50.3 Å². The van der Waals surface area contributed by atoms with E-state index in [2.05, 4.69) is 31.2 Å². The number of carbonyl (C=O) groups is 1. The Hall–Kier alpha value is -2.64. The third kappa shape index (κ3) is 5.68. The third-order valence-electron chi connectivity index (χ3n) is 5.69. The average Bonchev–Trinajstić information content (AvgIpc) is 3.23. The number of aromatic nitrogens is 1. The number of benzene rings is 1. The minimum Gasteiger partial charge on any atom is -0.352 e. The van der Waals surface area contributed by atoms with Crippen molar-refractivity contribution in [1.29, 1.82) is 0 Å². The zero-order chi connectivity index (χ0) is 27.1. The Kier molecular flexibility index (Phi) is 7.51. The van der Waals surface area contributed by atoms with Crippen molar-refractivity contribution in [3.8, 4) is 0 Å². The molecule has 4 nitrogen and oxygen atoms in total. The molecule has 196 valence electrons. The molecule has 1 atom stereocenters. The van der Waals surface area contributed by atoms with Gasteiger partial charge in [0.2, 0.25) is 5.91 Å². The highest BCUT2D eigenvalue weighted by molar-refractivity contribution is 9.10. The van der Waals surface area contributed by atoms with Gasteiger partial charge in [0.25, 0.3) is 0 Å². The molecule has 3 rings (SSSR count). The summed E-state index contributed by atoms with van der Waals surface area (Å²) in [6, 6.07) is 4.35. The summed E-state index contributed by atoms with van der Waals surface area (Å²) in [5.41, 5.74) is -7.85. The zero-order valence-corrected chi connectivity index (χ0v) is 19.9. The van der Waals surface area contributed by atoms with E-state index in [1.807, 2.05) is 0 Å². The van der Waals surface area contributed by atoms with Crippen LogP contribution in [-0.2, 0) is 29.1 Å².